The van der Waals surface area contributed by atoms with Crippen molar-refractivity contribution in [3.63, 3.8) is 0 Å². The number of rotatable bonds is 8. The van der Waals surface area contributed by atoms with Crippen molar-refractivity contribution < 1.29 is 0 Å². The molecule has 0 fully saturated rings. The number of benzene rings is 6. The molecule has 7 rings (SSSR count). The summed E-state index contributed by atoms with van der Waals surface area (Å²) in [7, 11) is 0. The SMILES string of the molecule is CC1C=CC=C(c2cc(-c3cccc(-c4ccccc4Nc4cccc(-c5ccccc5)c4)c3)ccc2Nc2ccccc2)C1. The van der Waals surface area contributed by atoms with E-state index in [0.29, 0.717) is 5.92 Å². The first-order chi connectivity index (χ1) is 22.2. The molecule has 2 N–H and O–H groups in total. The first kappa shape index (κ1) is 28.2. The highest BCUT2D eigenvalue weighted by molar-refractivity contribution is 5.87. The summed E-state index contributed by atoms with van der Waals surface area (Å²) in [6.45, 7) is 2.28. The largest absolute Gasteiger partial charge is 0.355 e. The minimum Gasteiger partial charge on any atom is -0.355 e. The summed E-state index contributed by atoms with van der Waals surface area (Å²) in [5.74, 6) is 0.513. The maximum absolute atomic E-state index is 3.71. The average molecular weight is 581 g/mol. The summed E-state index contributed by atoms with van der Waals surface area (Å²) in [6.07, 6.45) is 7.77. The van der Waals surface area contributed by atoms with E-state index >= 15 is 0 Å². The van der Waals surface area contributed by atoms with E-state index in [1.165, 1.54) is 44.5 Å². The maximum Gasteiger partial charge on any atom is 0.0463 e. The Morgan fingerprint density at radius 2 is 1.07 bits per heavy atom. The van der Waals surface area contributed by atoms with E-state index in [4.69, 9.17) is 0 Å². The molecule has 1 aliphatic rings. The van der Waals surface area contributed by atoms with Gasteiger partial charge in [-0.2, -0.15) is 0 Å². The Bertz CT molecular complexity index is 1990. The Morgan fingerprint density at radius 1 is 0.467 bits per heavy atom. The molecule has 0 saturated heterocycles. The van der Waals surface area contributed by atoms with Gasteiger partial charge in [-0.1, -0.05) is 128 Å². The van der Waals surface area contributed by atoms with Crippen LogP contribution in [0.4, 0.5) is 22.7 Å². The number of allylic oxidation sites excluding steroid dienone is 4. The van der Waals surface area contributed by atoms with Gasteiger partial charge in [-0.15, -0.1) is 0 Å². The van der Waals surface area contributed by atoms with E-state index in [2.05, 4.69) is 181 Å². The van der Waals surface area contributed by atoms with E-state index in [1.807, 2.05) is 6.07 Å². The van der Waals surface area contributed by atoms with E-state index < -0.39 is 0 Å². The van der Waals surface area contributed by atoms with Gasteiger partial charge in [0.2, 0.25) is 0 Å². The van der Waals surface area contributed by atoms with Gasteiger partial charge >= 0.3 is 0 Å². The fourth-order valence-corrected chi connectivity index (χ4v) is 6.09. The van der Waals surface area contributed by atoms with Gasteiger partial charge in [0.1, 0.15) is 0 Å². The third-order valence-corrected chi connectivity index (χ3v) is 8.38. The molecular weight excluding hydrogens is 544 g/mol. The molecule has 2 nitrogen and oxygen atoms in total. The Hall–Kier alpha value is -5.60. The molecule has 0 spiro atoms. The van der Waals surface area contributed by atoms with Crippen LogP contribution in [0.3, 0.4) is 0 Å². The monoisotopic (exact) mass is 580 g/mol. The van der Waals surface area contributed by atoms with Gasteiger partial charge in [0, 0.05) is 33.9 Å². The molecule has 0 heterocycles. The van der Waals surface area contributed by atoms with Crippen LogP contribution in [0.2, 0.25) is 0 Å². The lowest BCUT2D eigenvalue weighted by atomic mass is 9.88. The summed E-state index contributed by atoms with van der Waals surface area (Å²) < 4.78 is 0. The van der Waals surface area contributed by atoms with Crippen molar-refractivity contribution in [3.05, 3.63) is 175 Å². The van der Waals surface area contributed by atoms with Crippen molar-refractivity contribution in [2.24, 2.45) is 5.92 Å². The topological polar surface area (TPSA) is 24.1 Å². The molecule has 0 amide bonds. The van der Waals surface area contributed by atoms with Crippen molar-refractivity contribution in [1.82, 2.24) is 0 Å². The van der Waals surface area contributed by atoms with Gasteiger partial charge < -0.3 is 10.6 Å². The Labute approximate surface area is 266 Å². The number of para-hydroxylation sites is 2. The third kappa shape index (κ3) is 6.51. The lowest BCUT2D eigenvalue weighted by molar-refractivity contribution is 0.749. The highest BCUT2D eigenvalue weighted by atomic mass is 14.9. The molecule has 6 aromatic carbocycles. The first-order valence-corrected chi connectivity index (χ1v) is 15.7. The van der Waals surface area contributed by atoms with Gasteiger partial charge in [-0.25, -0.2) is 0 Å². The minimum absolute atomic E-state index is 0.513. The summed E-state index contributed by atoms with van der Waals surface area (Å²) in [6, 6.07) is 53.8. The Balaban J connectivity index is 1.22. The zero-order valence-electron chi connectivity index (χ0n) is 25.5. The molecule has 0 radical (unpaired) electrons. The molecule has 218 valence electrons. The predicted molar refractivity (Wildman–Crippen MR) is 193 cm³/mol. The highest BCUT2D eigenvalue weighted by Gasteiger charge is 2.15. The first-order valence-electron chi connectivity index (χ1n) is 15.7. The van der Waals surface area contributed by atoms with Crippen LogP contribution in [0.15, 0.2) is 170 Å². The quantitative estimate of drug-likeness (QED) is 0.187. The summed E-state index contributed by atoms with van der Waals surface area (Å²) in [5, 5.41) is 7.38. The van der Waals surface area contributed by atoms with Crippen LogP contribution < -0.4 is 10.6 Å². The van der Waals surface area contributed by atoms with E-state index in [-0.39, 0.29) is 0 Å². The zero-order valence-corrected chi connectivity index (χ0v) is 25.5. The molecule has 2 heteroatoms. The fraction of sp³-hybridized carbons (Fsp3) is 0.0698. The number of hydrogen-bond donors (Lipinski definition) is 2. The summed E-state index contributed by atoms with van der Waals surface area (Å²) in [5.41, 5.74) is 14.1. The smallest absolute Gasteiger partial charge is 0.0463 e. The second-order valence-corrected chi connectivity index (χ2v) is 11.7. The molecule has 0 aromatic heterocycles. The molecule has 0 saturated carbocycles. The standard InChI is InChI=1S/C43H36N2/c1-31-13-10-18-36(27-31)41-30-35(25-26-43(41)44-38-20-6-3-7-21-38)33-16-11-19-37(28-33)40-23-8-9-24-42(40)45-39-22-12-17-34(29-39)32-14-4-2-5-15-32/h2-26,28-31,44-45H,27H2,1H3. The predicted octanol–water partition coefficient (Wildman–Crippen LogP) is 12.2. The third-order valence-electron chi connectivity index (χ3n) is 8.38. The Morgan fingerprint density at radius 3 is 1.89 bits per heavy atom. The second-order valence-electron chi connectivity index (χ2n) is 11.7. The molecule has 0 bridgehead atoms. The van der Waals surface area contributed by atoms with Crippen molar-refractivity contribution in [1.29, 1.82) is 0 Å². The lowest BCUT2D eigenvalue weighted by Gasteiger charge is -2.20. The number of anilines is 4. The number of nitrogens with one attached hydrogen (secondary N) is 2. The van der Waals surface area contributed by atoms with Crippen molar-refractivity contribution in [2.75, 3.05) is 10.6 Å². The maximum atomic E-state index is 3.71. The molecule has 1 aliphatic carbocycles. The van der Waals surface area contributed by atoms with Crippen LogP contribution in [-0.4, -0.2) is 0 Å². The van der Waals surface area contributed by atoms with Crippen molar-refractivity contribution >= 4 is 28.3 Å². The molecular formula is C43H36N2. The van der Waals surface area contributed by atoms with E-state index in [9.17, 15) is 0 Å². The van der Waals surface area contributed by atoms with Crippen LogP contribution >= 0.6 is 0 Å². The summed E-state index contributed by atoms with van der Waals surface area (Å²) >= 11 is 0. The van der Waals surface area contributed by atoms with Gasteiger partial charge in [0.05, 0.1) is 0 Å². The van der Waals surface area contributed by atoms with Gasteiger partial charge in [0.15, 0.2) is 0 Å². The Kier molecular flexibility index (Phi) is 8.11. The van der Waals surface area contributed by atoms with E-state index in [1.54, 1.807) is 0 Å². The van der Waals surface area contributed by atoms with Crippen LogP contribution in [0.1, 0.15) is 18.9 Å². The van der Waals surface area contributed by atoms with Crippen molar-refractivity contribution in [3.8, 4) is 33.4 Å². The summed E-state index contributed by atoms with van der Waals surface area (Å²) in [4.78, 5) is 0. The van der Waals surface area contributed by atoms with E-state index in [0.717, 1.165) is 29.2 Å². The van der Waals surface area contributed by atoms with Crippen molar-refractivity contribution in [2.45, 2.75) is 13.3 Å². The van der Waals surface area contributed by atoms with Crippen LogP contribution in [0.25, 0.3) is 39.0 Å². The molecule has 45 heavy (non-hydrogen) atoms. The van der Waals surface area contributed by atoms with Crippen LogP contribution in [0.5, 0.6) is 0 Å². The normalized spacial score (nSPS) is 14.1. The molecule has 6 aromatic rings. The molecule has 1 atom stereocenters. The number of hydrogen-bond acceptors (Lipinski definition) is 2. The van der Waals surface area contributed by atoms with Crippen LogP contribution in [-0.2, 0) is 0 Å². The van der Waals surface area contributed by atoms with Crippen LogP contribution in [0, 0.1) is 5.92 Å². The second kappa shape index (κ2) is 13.0. The lowest BCUT2D eigenvalue weighted by Crippen LogP contribution is -2.01. The average Bonchev–Trinajstić information content (AvgIpc) is 3.10. The fourth-order valence-electron chi connectivity index (χ4n) is 6.09. The molecule has 1 unspecified atom stereocenters. The zero-order chi connectivity index (χ0) is 30.4. The highest BCUT2D eigenvalue weighted by Crippen LogP contribution is 2.38. The van der Waals surface area contributed by atoms with Gasteiger partial charge in [-0.05, 0) is 94.3 Å². The van der Waals surface area contributed by atoms with Gasteiger partial charge in [0.25, 0.3) is 0 Å². The van der Waals surface area contributed by atoms with Gasteiger partial charge in [-0.3, -0.25) is 0 Å². The minimum atomic E-state index is 0.513. The molecule has 0 aliphatic heterocycles.